The summed E-state index contributed by atoms with van der Waals surface area (Å²) in [6.07, 6.45) is 0. The van der Waals surface area contributed by atoms with Crippen LogP contribution in [0.5, 0.6) is 0 Å². The van der Waals surface area contributed by atoms with E-state index in [0.29, 0.717) is 6.54 Å². The molecule has 0 aliphatic carbocycles. The van der Waals surface area contributed by atoms with E-state index in [9.17, 15) is 0 Å². The van der Waals surface area contributed by atoms with Gasteiger partial charge in [-0.05, 0) is 51.8 Å². The zero-order valence-corrected chi connectivity index (χ0v) is 13.7. The number of fused-ring (bicyclic) bond motifs is 1. The van der Waals surface area contributed by atoms with Gasteiger partial charge in [0.15, 0.2) is 5.96 Å². The number of benzene rings is 1. The number of hydrogen-bond donors (Lipinski definition) is 3. The molecule has 0 amide bonds. The van der Waals surface area contributed by atoms with Crippen LogP contribution in [0, 0.1) is 20.8 Å². The van der Waals surface area contributed by atoms with Gasteiger partial charge < -0.3 is 15.6 Å². The first-order valence-corrected chi connectivity index (χ1v) is 7.67. The minimum absolute atomic E-state index is 0.674. The number of nitrogens with zero attached hydrogens (tertiary/aromatic N) is 1. The van der Waals surface area contributed by atoms with Gasteiger partial charge in [-0.2, -0.15) is 0 Å². The minimum Gasteiger partial charge on any atom is -0.358 e. The zero-order chi connectivity index (χ0) is 15.4. The Kier molecular flexibility index (Phi) is 4.89. The van der Waals surface area contributed by atoms with Crippen molar-refractivity contribution < 1.29 is 0 Å². The second-order valence-electron chi connectivity index (χ2n) is 5.45. The summed E-state index contributed by atoms with van der Waals surface area (Å²) in [5, 5.41) is 7.83. The molecular formula is C17H26N4. The van der Waals surface area contributed by atoms with E-state index in [1.165, 1.54) is 33.3 Å². The Morgan fingerprint density at radius 3 is 2.38 bits per heavy atom. The van der Waals surface area contributed by atoms with Crippen molar-refractivity contribution in [3.8, 4) is 0 Å². The van der Waals surface area contributed by atoms with Crippen LogP contribution >= 0.6 is 0 Å². The highest BCUT2D eigenvalue weighted by molar-refractivity contribution is 5.88. The van der Waals surface area contributed by atoms with Crippen molar-refractivity contribution in [2.24, 2.45) is 4.99 Å². The van der Waals surface area contributed by atoms with Crippen molar-refractivity contribution in [3.05, 3.63) is 34.5 Å². The molecule has 0 aliphatic rings. The van der Waals surface area contributed by atoms with Crippen LogP contribution in [0.3, 0.4) is 0 Å². The third kappa shape index (κ3) is 3.38. The molecule has 1 heterocycles. The molecule has 3 N–H and O–H groups in total. The van der Waals surface area contributed by atoms with Crippen LogP contribution in [0.1, 0.15) is 36.2 Å². The fourth-order valence-corrected chi connectivity index (χ4v) is 2.59. The molecule has 2 aromatic rings. The highest BCUT2D eigenvalue weighted by Gasteiger charge is 2.09. The molecule has 21 heavy (non-hydrogen) atoms. The Morgan fingerprint density at radius 2 is 1.76 bits per heavy atom. The summed E-state index contributed by atoms with van der Waals surface area (Å²) in [6, 6.07) is 4.47. The van der Waals surface area contributed by atoms with Crippen molar-refractivity contribution in [3.63, 3.8) is 0 Å². The second kappa shape index (κ2) is 6.66. The first-order valence-electron chi connectivity index (χ1n) is 7.67. The summed E-state index contributed by atoms with van der Waals surface area (Å²) in [5.41, 5.74) is 6.31. The predicted octanol–water partition coefficient (Wildman–Crippen LogP) is 3.17. The van der Waals surface area contributed by atoms with Crippen molar-refractivity contribution >= 4 is 16.9 Å². The molecule has 0 fully saturated rings. The van der Waals surface area contributed by atoms with E-state index in [2.05, 4.69) is 67.4 Å². The van der Waals surface area contributed by atoms with E-state index in [0.717, 1.165) is 19.0 Å². The maximum Gasteiger partial charge on any atom is 0.191 e. The van der Waals surface area contributed by atoms with Crippen molar-refractivity contribution in [2.75, 3.05) is 13.1 Å². The Morgan fingerprint density at radius 1 is 1.10 bits per heavy atom. The molecule has 0 radical (unpaired) electrons. The normalized spacial score (nSPS) is 10.7. The number of aliphatic imine (C=N–C) groups is 1. The summed E-state index contributed by atoms with van der Waals surface area (Å²) in [5.74, 6) is 0.870. The average molecular weight is 286 g/mol. The lowest BCUT2D eigenvalue weighted by molar-refractivity contribution is 0.840. The average Bonchev–Trinajstić information content (AvgIpc) is 2.73. The van der Waals surface area contributed by atoms with Gasteiger partial charge in [0, 0.05) is 24.2 Å². The Labute approximate surface area is 127 Å². The van der Waals surface area contributed by atoms with Crippen LogP contribution < -0.4 is 10.6 Å². The van der Waals surface area contributed by atoms with Gasteiger partial charge in [-0.3, -0.25) is 0 Å². The van der Waals surface area contributed by atoms with Crippen LogP contribution in [0.2, 0.25) is 0 Å². The predicted molar refractivity (Wildman–Crippen MR) is 91.0 cm³/mol. The number of aryl methyl sites for hydroxylation is 3. The molecule has 1 aromatic carbocycles. The number of hydrogen-bond acceptors (Lipinski definition) is 1. The van der Waals surface area contributed by atoms with Crippen LogP contribution in [0.4, 0.5) is 0 Å². The van der Waals surface area contributed by atoms with Gasteiger partial charge in [-0.25, -0.2) is 4.99 Å². The van der Waals surface area contributed by atoms with E-state index in [1.807, 2.05) is 0 Å². The largest absolute Gasteiger partial charge is 0.358 e. The number of rotatable bonds is 4. The van der Waals surface area contributed by atoms with Gasteiger partial charge >= 0.3 is 0 Å². The smallest absolute Gasteiger partial charge is 0.191 e. The van der Waals surface area contributed by atoms with Gasteiger partial charge in [0.1, 0.15) is 0 Å². The number of guanidine groups is 1. The maximum atomic E-state index is 4.68. The van der Waals surface area contributed by atoms with E-state index in [-0.39, 0.29) is 0 Å². The summed E-state index contributed by atoms with van der Waals surface area (Å²) < 4.78 is 0. The number of aromatic nitrogens is 1. The first-order chi connectivity index (χ1) is 10.1. The van der Waals surface area contributed by atoms with Gasteiger partial charge in [-0.15, -0.1) is 0 Å². The summed E-state index contributed by atoms with van der Waals surface area (Å²) in [4.78, 5) is 8.18. The first kappa shape index (κ1) is 15.4. The van der Waals surface area contributed by atoms with Crippen molar-refractivity contribution in [2.45, 2.75) is 41.2 Å². The number of aromatic amines is 1. The highest BCUT2D eigenvalue weighted by atomic mass is 15.2. The molecule has 4 heteroatoms. The van der Waals surface area contributed by atoms with Gasteiger partial charge in [0.2, 0.25) is 0 Å². The zero-order valence-electron chi connectivity index (χ0n) is 13.7. The molecule has 1 aromatic heterocycles. The van der Waals surface area contributed by atoms with E-state index in [1.54, 1.807) is 0 Å². The van der Waals surface area contributed by atoms with Gasteiger partial charge in [-0.1, -0.05) is 11.6 Å². The Balaban J connectivity index is 2.37. The lowest BCUT2D eigenvalue weighted by atomic mass is 10.0. The standard InChI is InChI=1S/C17H26N4/c1-6-18-17(19-7-2)20-10-14-8-11(3)9-15-12(4)13(5)21-16(14)15/h8-9,21H,6-7,10H2,1-5H3,(H2,18,19,20). The molecule has 4 nitrogen and oxygen atoms in total. The van der Waals surface area contributed by atoms with Gasteiger partial charge in [0.25, 0.3) is 0 Å². The Hall–Kier alpha value is -1.97. The summed E-state index contributed by atoms with van der Waals surface area (Å²) in [7, 11) is 0. The molecule has 0 bridgehead atoms. The fraction of sp³-hybridized carbons (Fsp3) is 0.471. The molecule has 114 valence electrons. The topological polar surface area (TPSA) is 52.2 Å². The third-order valence-electron chi connectivity index (χ3n) is 3.74. The quantitative estimate of drug-likeness (QED) is 0.597. The number of H-pyrrole nitrogens is 1. The van der Waals surface area contributed by atoms with Gasteiger partial charge in [0.05, 0.1) is 12.1 Å². The maximum absolute atomic E-state index is 4.68. The molecule has 0 saturated heterocycles. The molecule has 0 saturated carbocycles. The SMILES string of the molecule is CCNC(=NCc1cc(C)cc2c(C)c(C)[nH]c12)NCC. The Bertz CT molecular complexity index is 644. The van der Waals surface area contributed by atoms with E-state index < -0.39 is 0 Å². The van der Waals surface area contributed by atoms with Crippen molar-refractivity contribution in [1.29, 1.82) is 0 Å². The second-order valence-corrected chi connectivity index (χ2v) is 5.45. The monoisotopic (exact) mass is 286 g/mol. The minimum atomic E-state index is 0.674. The van der Waals surface area contributed by atoms with Crippen LogP contribution in [0.15, 0.2) is 17.1 Å². The summed E-state index contributed by atoms with van der Waals surface area (Å²) >= 11 is 0. The van der Waals surface area contributed by atoms with Crippen LogP contribution in [-0.2, 0) is 6.54 Å². The van der Waals surface area contributed by atoms with E-state index >= 15 is 0 Å². The molecular weight excluding hydrogens is 260 g/mol. The van der Waals surface area contributed by atoms with Crippen LogP contribution in [0.25, 0.3) is 10.9 Å². The molecule has 0 spiro atoms. The molecule has 0 atom stereocenters. The molecule has 0 unspecified atom stereocenters. The highest BCUT2D eigenvalue weighted by Crippen LogP contribution is 2.26. The lowest BCUT2D eigenvalue weighted by Gasteiger charge is -2.10. The van der Waals surface area contributed by atoms with E-state index in [4.69, 9.17) is 0 Å². The molecule has 2 rings (SSSR count). The lowest BCUT2D eigenvalue weighted by Crippen LogP contribution is -2.36. The fourth-order valence-electron chi connectivity index (χ4n) is 2.59. The number of nitrogens with one attached hydrogen (secondary N) is 3. The molecule has 0 aliphatic heterocycles. The van der Waals surface area contributed by atoms with Crippen molar-refractivity contribution in [1.82, 2.24) is 15.6 Å². The third-order valence-corrected chi connectivity index (χ3v) is 3.74. The van der Waals surface area contributed by atoms with Crippen LogP contribution in [-0.4, -0.2) is 24.0 Å². The summed E-state index contributed by atoms with van der Waals surface area (Å²) in [6.45, 7) is 13.0.